The second kappa shape index (κ2) is 9.55. The Bertz CT molecular complexity index is 1020. The molecule has 0 aliphatic rings. The topological polar surface area (TPSA) is 121 Å². The summed E-state index contributed by atoms with van der Waals surface area (Å²) in [6.45, 7) is 4.12. The number of aromatic nitrogens is 3. The van der Waals surface area contributed by atoms with Crippen molar-refractivity contribution >= 4 is 23.6 Å². The largest absolute Gasteiger partial charge is 0.493 e. The van der Waals surface area contributed by atoms with Crippen LogP contribution in [-0.2, 0) is 11.3 Å². The van der Waals surface area contributed by atoms with Gasteiger partial charge in [0.2, 0.25) is 11.9 Å². The molecule has 0 spiro atoms. The Labute approximate surface area is 174 Å². The Morgan fingerprint density at radius 2 is 1.83 bits per heavy atom. The molecule has 1 aromatic heterocycles. The minimum atomic E-state index is -0.550. The zero-order valence-corrected chi connectivity index (χ0v) is 17.0. The second-order valence-corrected chi connectivity index (χ2v) is 6.30. The van der Waals surface area contributed by atoms with Crippen LogP contribution in [0.5, 0.6) is 11.5 Å². The fraction of sp³-hybridized carbons (Fsp3) is 0.238. The molecule has 9 nitrogen and oxygen atoms in total. The summed E-state index contributed by atoms with van der Waals surface area (Å²) in [5.41, 5.74) is 8.02. The first-order valence-electron chi connectivity index (χ1n) is 9.30. The number of hydrogen-bond acceptors (Lipinski definition) is 9. The van der Waals surface area contributed by atoms with Gasteiger partial charge >= 0.3 is 5.97 Å². The van der Waals surface area contributed by atoms with Crippen LogP contribution in [0.1, 0.15) is 28.7 Å². The molecule has 0 aliphatic heterocycles. The number of nitrogen functional groups attached to an aromatic ring is 1. The molecule has 156 valence electrons. The van der Waals surface area contributed by atoms with E-state index in [9.17, 15) is 4.79 Å². The van der Waals surface area contributed by atoms with Gasteiger partial charge in [0.25, 0.3) is 0 Å². The predicted molar refractivity (Wildman–Crippen MR) is 112 cm³/mol. The van der Waals surface area contributed by atoms with E-state index in [0.29, 0.717) is 23.7 Å². The van der Waals surface area contributed by atoms with Crippen LogP contribution in [0.2, 0.25) is 0 Å². The maximum Gasteiger partial charge on any atom is 0.338 e. The van der Waals surface area contributed by atoms with Crippen molar-refractivity contribution in [3.63, 3.8) is 0 Å². The van der Waals surface area contributed by atoms with Gasteiger partial charge in [-0.2, -0.15) is 15.0 Å². The van der Waals surface area contributed by atoms with Crippen LogP contribution in [-0.4, -0.2) is 34.6 Å². The van der Waals surface area contributed by atoms with Crippen LogP contribution in [0.15, 0.2) is 42.5 Å². The van der Waals surface area contributed by atoms with E-state index < -0.39 is 5.97 Å². The van der Waals surface area contributed by atoms with E-state index in [2.05, 4.69) is 20.3 Å². The van der Waals surface area contributed by atoms with E-state index in [4.69, 9.17) is 19.9 Å². The van der Waals surface area contributed by atoms with Gasteiger partial charge in [-0.15, -0.1) is 0 Å². The summed E-state index contributed by atoms with van der Waals surface area (Å²) in [7, 11) is 1.53. The molecule has 0 aliphatic carbocycles. The van der Waals surface area contributed by atoms with Crippen molar-refractivity contribution < 1.29 is 19.0 Å². The first-order valence-corrected chi connectivity index (χ1v) is 9.30. The molecule has 3 aromatic rings. The molecule has 0 saturated carbocycles. The van der Waals surface area contributed by atoms with Gasteiger partial charge in [0.05, 0.1) is 19.3 Å². The number of nitrogens with two attached hydrogens (primary N) is 1. The summed E-state index contributed by atoms with van der Waals surface area (Å²) < 4.78 is 16.0. The zero-order valence-electron chi connectivity index (χ0n) is 17.0. The Morgan fingerprint density at radius 3 is 2.53 bits per heavy atom. The van der Waals surface area contributed by atoms with Gasteiger partial charge in [0, 0.05) is 5.69 Å². The number of anilines is 3. The first kappa shape index (κ1) is 20.8. The summed E-state index contributed by atoms with van der Waals surface area (Å²) in [5.74, 6) is 0.956. The van der Waals surface area contributed by atoms with Gasteiger partial charge in [-0.3, -0.25) is 0 Å². The summed E-state index contributed by atoms with van der Waals surface area (Å²) in [5, 5.41) is 3.05. The third-order valence-electron chi connectivity index (χ3n) is 4.04. The average molecular weight is 409 g/mol. The van der Waals surface area contributed by atoms with E-state index in [-0.39, 0.29) is 24.3 Å². The fourth-order valence-corrected chi connectivity index (χ4v) is 2.61. The van der Waals surface area contributed by atoms with Crippen molar-refractivity contribution in [2.24, 2.45) is 0 Å². The Kier molecular flexibility index (Phi) is 6.63. The predicted octanol–water partition coefficient (Wildman–Crippen LogP) is 3.27. The molecule has 0 radical (unpaired) electrons. The Morgan fingerprint density at radius 1 is 1.07 bits per heavy atom. The zero-order chi connectivity index (χ0) is 21.5. The maximum absolute atomic E-state index is 12.4. The standard InChI is InChI=1S/C21H23N5O4/c1-4-29-17-11-14(7-10-16(17)28-3)19(27)30-12-18-24-20(22)26-21(25-18)23-15-8-5-13(2)6-9-15/h5-11H,4,12H2,1-3H3,(H3,22,23,24,25,26). The molecule has 9 heteroatoms. The third-order valence-corrected chi connectivity index (χ3v) is 4.04. The van der Waals surface area contributed by atoms with Gasteiger partial charge in [-0.1, -0.05) is 17.7 Å². The van der Waals surface area contributed by atoms with Crippen molar-refractivity contribution in [2.45, 2.75) is 20.5 Å². The Balaban J connectivity index is 1.69. The molecule has 0 bridgehead atoms. The number of carbonyl (C=O) groups excluding carboxylic acids is 1. The quantitative estimate of drug-likeness (QED) is 0.540. The highest BCUT2D eigenvalue weighted by molar-refractivity contribution is 5.90. The normalized spacial score (nSPS) is 10.4. The molecule has 0 unspecified atom stereocenters. The van der Waals surface area contributed by atoms with Gasteiger partial charge < -0.3 is 25.3 Å². The molecule has 0 saturated heterocycles. The number of ether oxygens (including phenoxy) is 3. The average Bonchev–Trinajstić information content (AvgIpc) is 2.73. The Hall–Kier alpha value is -3.88. The van der Waals surface area contributed by atoms with Gasteiger partial charge in [0.1, 0.15) is 0 Å². The number of esters is 1. The first-order chi connectivity index (χ1) is 14.5. The highest BCUT2D eigenvalue weighted by atomic mass is 16.5. The van der Waals surface area contributed by atoms with E-state index in [1.54, 1.807) is 18.2 Å². The smallest absolute Gasteiger partial charge is 0.338 e. The number of carbonyl (C=O) groups is 1. The van der Waals surface area contributed by atoms with Crippen LogP contribution < -0.4 is 20.5 Å². The second-order valence-electron chi connectivity index (χ2n) is 6.30. The minimum Gasteiger partial charge on any atom is -0.493 e. The number of nitrogens with zero attached hydrogens (tertiary/aromatic N) is 3. The lowest BCUT2D eigenvalue weighted by molar-refractivity contribution is 0.0461. The van der Waals surface area contributed by atoms with Crippen molar-refractivity contribution in [3.8, 4) is 11.5 Å². The molecule has 0 atom stereocenters. The number of aryl methyl sites for hydroxylation is 1. The molecular formula is C21H23N5O4. The van der Waals surface area contributed by atoms with Crippen molar-refractivity contribution in [3.05, 3.63) is 59.4 Å². The van der Waals surface area contributed by atoms with E-state index >= 15 is 0 Å². The number of hydrogen-bond donors (Lipinski definition) is 2. The van der Waals surface area contributed by atoms with Crippen LogP contribution in [0.25, 0.3) is 0 Å². The molecular weight excluding hydrogens is 386 g/mol. The molecule has 3 N–H and O–H groups in total. The summed E-state index contributed by atoms with van der Waals surface area (Å²) in [6.07, 6.45) is 0. The van der Waals surface area contributed by atoms with E-state index in [0.717, 1.165) is 11.3 Å². The van der Waals surface area contributed by atoms with Crippen LogP contribution in [0.4, 0.5) is 17.6 Å². The molecule has 3 rings (SSSR count). The lowest BCUT2D eigenvalue weighted by atomic mass is 10.2. The number of methoxy groups -OCH3 is 1. The van der Waals surface area contributed by atoms with E-state index in [1.807, 2.05) is 38.1 Å². The van der Waals surface area contributed by atoms with Crippen molar-refractivity contribution in [1.29, 1.82) is 0 Å². The highest BCUT2D eigenvalue weighted by Gasteiger charge is 2.14. The molecule has 30 heavy (non-hydrogen) atoms. The maximum atomic E-state index is 12.4. The fourth-order valence-electron chi connectivity index (χ4n) is 2.61. The molecule has 1 heterocycles. The van der Waals surface area contributed by atoms with Gasteiger partial charge in [-0.25, -0.2) is 4.79 Å². The SMILES string of the molecule is CCOc1cc(C(=O)OCc2nc(N)nc(Nc3ccc(C)cc3)n2)ccc1OC. The van der Waals surface area contributed by atoms with Crippen LogP contribution in [0.3, 0.4) is 0 Å². The summed E-state index contributed by atoms with van der Waals surface area (Å²) in [6, 6.07) is 12.5. The van der Waals surface area contributed by atoms with Gasteiger partial charge in [-0.05, 0) is 44.2 Å². The summed E-state index contributed by atoms with van der Waals surface area (Å²) >= 11 is 0. The molecule has 0 fully saturated rings. The number of nitrogens with one attached hydrogen (secondary N) is 1. The van der Waals surface area contributed by atoms with Crippen molar-refractivity contribution in [2.75, 3.05) is 24.8 Å². The third kappa shape index (κ3) is 5.34. The van der Waals surface area contributed by atoms with Crippen LogP contribution in [0, 0.1) is 6.92 Å². The van der Waals surface area contributed by atoms with Gasteiger partial charge in [0.15, 0.2) is 23.9 Å². The summed E-state index contributed by atoms with van der Waals surface area (Å²) in [4.78, 5) is 24.8. The lowest BCUT2D eigenvalue weighted by Crippen LogP contribution is -2.11. The van der Waals surface area contributed by atoms with E-state index in [1.165, 1.54) is 7.11 Å². The van der Waals surface area contributed by atoms with Crippen molar-refractivity contribution in [1.82, 2.24) is 15.0 Å². The van der Waals surface area contributed by atoms with Crippen LogP contribution >= 0.6 is 0 Å². The molecule has 0 amide bonds. The number of rotatable bonds is 8. The monoisotopic (exact) mass is 409 g/mol. The number of benzene rings is 2. The molecule has 2 aromatic carbocycles. The highest BCUT2D eigenvalue weighted by Crippen LogP contribution is 2.28. The lowest BCUT2D eigenvalue weighted by Gasteiger charge is -2.11. The minimum absolute atomic E-state index is 0.0220.